The van der Waals surface area contributed by atoms with E-state index >= 15 is 0 Å². The van der Waals surface area contributed by atoms with E-state index in [4.69, 9.17) is 10.5 Å². The molecular formula is C8H17NO. The zero-order chi connectivity index (χ0) is 7.61. The molecule has 0 radical (unpaired) electrons. The molecule has 1 aliphatic heterocycles. The fourth-order valence-corrected chi connectivity index (χ4v) is 1.56. The summed E-state index contributed by atoms with van der Waals surface area (Å²) < 4.78 is 5.54. The Morgan fingerprint density at radius 2 is 2.30 bits per heavy atom. The van der Waals surface area contributed by atoms with Crippen molar-refractivity contribution in [1.29, 1.82) is 0 Å². The van der Waals surface area contributed by atoms with Gasteiger partial charge in [0.15, 0.2) is 0 Å². The lowest BCUT2D eigenvalue weighted by Gasteiger charge is -2.34. The number of ether oxygens (including phenoxy) is 1. The van der Waals surface area contributed by atoms with Gasteiger partial charge in [-0.25, -0.2) is 0 Å². The molecule has 1 fully saturated rings. The third-order valence-electron chi connectivity index (χ3n) is 2.13. The van der Waals surface area contributed by atoms with Crippen molar-refractivity contribution < 1.29 is 4.74 Å². The molecule has 2 N–H and O–H groups in total. The summed E-state index contributed by atoms with van der Waals surface area (Å²) in [6.45, 7) is 5.96. The molecule has 1 saturated heterocycles. The van der Waals surface area contributed by atoms with Crippen molar-refractivity contribution in [3.8, 4) is 0 Å². The topological polar surface area (TPSA) is 35.2 Å². The number of hydrogen-bond acceptors (Lipinski definition) is 2. The van der Waals surface area contributed by atoms with E-state index < -0.39 is 0 Å². The first-order valence-electron chi connectivity index (χ1n) is 3.98. The maximum absolute atomic E-state index is 5.57. The highest BCUT2D eigenvalue weighted by atomic mass is 16.5. The van der Waals surface area contributed by atoms with Crippen LogP contribution in [0.15, 0.2) is 0 Å². The molecule has 0 aromatic heterocycles. The molecule has 2 heteroatoms. The lowest BCUT2D eigenvalue weighted by Crippen LogP contribution is -2.36. The van der Waals surface area contributed by atoms with E-state index in [9.17, 15) is 0 Å². The van der Waals surface area contributed by atoms with Crippen LogP contribution in [0, 0.1) is 5.92 Å². The van der Waals surface area contributed by atoms with Gasteiger partial charge in [0.25, 0.3) is 0 Å². The molecule has 0 spiro atoms. The Bertz CT molecular complexity index is 112. The molecule has 0 saturated carbocycles. The van der Waals surface area contributed by atoms with Crippen molar-refractivity contribution in [2.75, 3.05) is 13.2 Å². The van der Waals surface area contributed by atoms with Crippen molar-refractivity contribution in [2.24, 2.45) is 11.7 Å². The summed E-state index contributed by atoms with van der Waals surface area (Å²) in [5.74, 6) is 0.684. The highest BCUT2D eigenvalue weighted by Gasteiger charge is 2.27. The predicted octanol–water partition coefficient (Wildman–Crippen LogP) is 1.15. The minimum absolute atomic E-state index is 0.0717. The van der Waals surface area contributed by atoms with Crippen LogP contribution in [0.3, 0.4) is 0 Å². The van der Waals surface area contributed by atoms with Crippen LogP contribution < -0.4 is 5.73 Å². The number of rotatable bonds is 1. The van der Waals surface area contributed by atoms with E-state index in [-0.39, 0.29) is 5.60 Å². The van der Waals surface area contributed by atoms with E-state index in [1.165, 1.54) is 0 Å². The maximum Gasteiger partial charge on any atom is 0.0629 e. The van der Waals surface area contributed by atoms with E-state index in [0.717, 1.165) is 26.0 Å². The molecule has 0 aliphatic carbocycles. The summed E-state index contributed by atoms with van der Waals surface area (Å²) in [6.07, 6.45) is 2.25. The first-order valence-corrected chi connectivity index (χ1v) is 3.98. The average Bonchev–Trinajstić information content (AvgIpc) is 1.86. The van der Waals surface area contributed by atoms with Gasteiger partial charge < -0.3 is 10.5 Å². The molecule has 10 heavy (non-hydrogen) atoms. The Labute approximate surface area is 62.7 Å². The van der Waals surface area contributed by atoms with Gasteiger partial charge in [0, 0.05) is 6.61 Å². The fourth-order valence-electron chi connectivity index (χ4n) is 1.56. The van der Waals surface area contributed by atoms with Crippen LogP contribution in [-0.2, 0) is 4.74 Å². The van der Waals surface area contributed by atoms with Crippen LogP contribution >= 0.6 is 0 Å². The van der Waals surface area contributed by atoms with E-state index in [2.05, 4.69) is 13.8 Å². The minimum atomic E-state index is 0.0717. The maximum atomic E-state index is 5.57. The summed E-state index contributed by atoms with van der Waals surface area (Å²) in [4.78, 5) is 0. The van der Waals surface area contributed by atoms with Crippen molar-refractivity contribution in [2.45, 2.75) is 32.3 Å². The largest absolute Gasteiger partial charge is 0.376 e. The summed E-state index contributed by atoms with van der Waals surface area (Å²) in [5, 5.41) is 0. The highest BCUT2D eigenvalue weighted by molar-refractivity contribution is 4.78. The van der Waals surface area contributed by atoms with E-state index in [1.807, 2.05) is 0 Å². The van der Waals surface area contributed by atoms with Crippen LogP contribution in [0.25, 0.3) is 0 Å². The number of nitrogens with two attached hydrogens (primary N) is 1. The zero-order valence-corrected chi connectivity index (χ0v) is 6.89. The first kappa shape index (κ1) is 8.02. The molecule has 1 unspecified atom stereocenters. The molecule has 0 aromatic carbocycles. The third-order valence-corrected chi connectivity index (χ3v) is 2.13. The monoisotopic (exact) mass is 143 g/mol. The summed E-state index contributed by atoms with van der Waals surface area (Å²) in [5.41, 5.74) is 5.64. The standard InChI is InChI=1S/C8H17NO/c1-8(2)5-7(6-9)3-4-10-8/h7H,3-6,9H2,1-2H3. The van der Waals surface area contributed by atoms with Crippen LogP contribution in [-0.4, -0.2) is 18.8 Å². The molecule has 0 amide bonds. The van der Waals surface area contributed by atoms with Crippen LogP contribution in [0.4, 0.5) is 0 Å². The van der Waals surface area contributed by atoms with Crippen molar-refractivity contribution in [3.63, 3.8) is 0 Å². The Morgan fingerprint density at radius 3 is 2.70 bits per heavy atom. The summed E-state index contributed by atoms with van der Waals surface area (Å²) in [6, 6.07) is 0. The van der Waals surface area contributed by atoms with Crippen LogP contribution in [0.2, 0.25) is 0 Å². The van der Waals surface area contributed by atoms with Crippen LogP contribution in [0.5, 0.6) is 0 Å². The second-order valence-corrected chi connectivity index (χ2v) is 3.70. The lowest BCUT2D eigenvalue weighted by atomic mass is 9.89. The number of hydrogen-bond donors (Lipinski definition) is 1. The van der Waals surface area contributed by atoms with Gasteiger partial charge in [0.05, 0.1) is 5.60 Å². The molecule has 1 rings (SSSR count). The van der Waals surface area contributed by atoms with Gasteiger partial charge in [-0.05, 0) is 39.2 Å². The third kappa shape index (κ3) is 1.96. The first-order chi connectivity index (χ1) is 4.64. The van der Waals surface area contributed by atoms with E-state index in [1.54, 1.807) is 0 Å². The van der Waals surface area contributed by atoms with Crippen molar-refractivity contribution in [3.05, 3.63) is 0 Å². The lowest BCUT2D eigenvalue weighted by molar-refractivity contribution is -0.0706. The minimum Gasteiger partial charge on any atom is -0.376 e. The molecular weight excluding hydrogens is 126 g/mol. The molecule has 2 nitrogen and oxygen atoms in total. The van der Waals surface area contributed by atoms with Gasteiger partial charge in [-0.3, -0.25) is 0 Å². The zero-order valence-electron chi connectivity index (χ0n) is 6.89. The fraction of sp³-hybridized carbons (Fsp3) is 1.00. The summed E-state index contributed by atoms with van der Waals surface area (Å²) in [7, 11) is 0. The van der Waals surface area contributed by atoms with Gasteiger partial charge in [0.2, 0.25) is 0 Å². The van der Waals surface area contributed by atoms with Gasteiger partial charge in [-0.2, -0.15) is 0 Å². The molecule has 1 atom stereocenters. The molecule has 1 aliphatic rings. The highest BCUT2D eigenvalue weighted by Crippen LogP contribution is 2.27. The van der Waals surface area contributed by atoms with Gasteiger partial charge in [-0.1, -0.05) is 0 Å². The van der Waals surface area contributed by atoms with Gasteiger partial charge in [0.1, 0.15) is 0 Å². The van der Waals surface area contributed by atoms with E-state index in [0.29, 0.717) is 5.92 Å². The average molecular weight is 143 g/mol. The Balaban J connectivity index is 2.40. The van der Waals surface area contributed by atoms with Gasteiger partial charge in [-0.15, -0.1) is 0 Å². The summed E-state index contributed by atoms with van der Waals surface area (Å²) >= 11 is 0. The van der Waals surface area contributed by atoms with Crippen molar-refractivity contribution >= 4 is 0 Å². The smallest absolute Gasteiger partial charge is 0.0629 e. The normalized spacial score (nSPS) is 32.1. The quantitative estimate of drug-likeness (QED) is 0.597. The Morgan fingerprint density at radius 1 is 1.60 bits per heavy atom. The SMILES string of the molecule is CC1(C)CC(CN)CCO1. The predicted molar refractivity (Wildman–Crippen MR) is 41.8 cm³/mol. The molecule has 1 heterocycles. The Kier molecular flexibility index (Phi) is 2.32. The Hall–Kier alpha value is -0.0800. The van der Waals surface area contributed by atoms with Crippen LogP contribution in [0.1, 0.15) is 26.7 Å². The molecule has 60 valence electrons. The molecule has 0 aromatic rings. The van der Waals surface area contributed by atoms with Gasteiger partial charge >= 0.3 is 0 Å². The second-order valence-electron chi connectivity index (χ2n) is 3.70. The molecule has 0 bridgehead atoms. The second kappa shape index (κ2) is 2.89. The van der Waals surface area contributed by atoms with Crippen molar-refractivity contribution in [1.82, 2.24) is 0 Å².